The molecule has 0 amide bonds. The predicted octanol–water partition coefficient (Wildman–Crippen LogP) is 1.14. The maximum Gasteiger partial charge on any atom is 0.216 e. The van der Waals surface area contributed by atoms with E-state index in [0.717, 1.165) is 11.4 Å². The summed E-state index contributed by atoms with van der Waals surface area (Å²) in [5.41, 5.74) is 8.22. The fourth-order valence-corrected chi connectivity index (χ4v) is 2.14. The molecule has 0 aromatic carbocycles. The quantitative estimate of drug-likeness (QED) is 0.747. The van der Waals surface area contributed by atoms with Crippen LogP contribution in [0.3, 0.4) is 0 Å². The van der Waals surface area contributed by atoms with Crippen molar-refractivity contribution in [2.45, 2.75) is 10.9 Å². The molecule has 2 heterocycles. The molecule has 2 rings (SSSR count). The summed E-state index contributed by atoms with van der Waals surface area (Å²) in [7, 11) is 0. The fraction of sp³-hybridized carbons (Fsp3) is 0.167. The first-order chi connectivity index (χ1) is 6.34. The number of nitrogens with two attached hydrogens (primary N) is 1. The van der Waals surface area contributed by atoms with Crippen LogP contribution in [0.1, 0.15) is 5.69 Å². The van der Waals surface area contributed by atoms with E-state index in [1.54, 1.807) is 11.3 Å². The molecule has 0 radical (unpaired) electrons. The Hall–Kier alpha value is -1.08. The van der Waals surface area contributed by atoms with Crippen LogP contribution in [-0.2, 0) is 5.75 Å². The molecular formula is C6H7N5S2. The molecule has 2 aromatic rings. The normalized spacial score (nSPS) is 10.5. The second kappa shape index (κ2) is 3.75. The molecule has 0 aliphatic rings. The third-order valence-electron chi connectivity index (χ3n) is 1.31. The Morgan fingerprint density at radius 2 is 2.54 bits per heavy atom. The molecular weight excluding hydrogens is 206 g/mol. The number of aromatic amines is 1. The summed E-state index contributed by atoms with van der Waals surface area (Å²) >= 11 is 3.09. The van der Waals surface area contributed by atoms with E-state index in [-0.39, 0.29) is 0 Å². The van der Waals surface area contributed by atoms with E-state index in [1.165, 1.54) is 11.8 Å². The highest BCUT2D eigenvalue weighted by atomic mass is 32.2. The average molecular weight is 213 g/mol. The van der Waals surface area contributed by atoms with Gasteiger partial charge in [0.25, 0.3) is 0 Å². The number of thioether (sulfide) groups is 1. The number of nitrogens with one attached hydrogen (secondary N) is 1. The van der Waals surface area contributed by atoms with Crippen molar-refractivity contribution in [3.05, 3.63) is 16.6 Å². The fourth-order valence-electron chi connectivity index (χ4n) is 0.770. The van der Waals surface area contributed by atoms with E-state index in [2.05, 4.69) is 20.2 Å². The first-order valence-electron chi connectivity index (χ1n) is 3.52. The van der Waals surface area contributed by atoms with Crippen molar-refractivity contribution in [2.24, 2.45) is 0 Å². The van der Waals surface area contributed by atoms with Crippen LogP contribution in [0.2, 0.25) is 0 Å². The van der Waals surface area contributed by atoms with Crippen molar-refractivity contribution in [2.75, 3.05) is 5.73 Å². The minimum absolute atomic E-state index is 0.348. The summed E-state index contributed by atoms with van der Waals surface area (Å²) < 4.78 is 0. The molecule has 0 saturated carbocycles. The highest BCUT2D eigenvalue weighted by molar-refractivity contribution is 7.98. The molecule has 0 spiro atoms. The highest BCUT2D eigenvalue weighted by Crippen LogP contribution is 2.18. The summed E-state index contributed by atoms with van der Waals surface area (Å²) in [5.74, 6) is 1.13. The summed E-state index contributed by atoms with van der Waals surface area (Å²) in [5, 5.41) is 9.13. The Morgan fingerprint density at radius 1 is 1.62 bits per heavy atom. The number of aromatic nitrogens is 4. The largest absolute Gasteiger partial charge is 0.368 e. The van der Waals surface area contributed by atoms with Crippen molar-refractivity contribution < 1.29 is 0 Å². The van der Waals surface area contributed by atoms with Gasteiger partial charge in [-0.2, -0.15) is 4.98 Å². The third kappa shape index (κ3) is 2.19. The highest BCUT2D eigenvalue weighted by Gasteiger charge is 2.02. The number of thiazole rings is 1. The van der Waals surface area contributed by atoms with Crippen LogP contribution in [0.25, 0.3) is 0 Å². The van der Waals surface area contributed by atoms with Crippen molar-refractivity contribution >= 4 is 29.0 Å². The molecule has 13 heavy (non-hydrogen) atoms. The lowest BCUT2D eigenvalue weighted by Crippen LogP contribution is -1.85. The molecule has 0 aliphatic heterocycles. The zero-order valence-electron chi connectivity index (χ0n) is 6.60. The van der Waals surface area contributed by atoms with Gasteiger partial charge in [0.2, 0.25) is 11.1 Å². The van der Waals surface area contributed by atoms with Gasteiger partial charge in [0.05, 0.1) is 11.2 Å². The molecule has 0 saturated heterocycles. The van der Waals surface area contributed by atoms with Gasteiger partial charge in [-0.3, -0.25) is 0 Å². The number of nitrogens with zero attached hydrogens (tertiary/aromatic N) is 3. The number of anilines is 1. The molecule has 0 bridgehead atoms. The SMILES string of the molecule is Nc1nc(SCc2cscn2)n[nH]1. The number of nitrogen functional groups attached to an aromatic ring is 1. The average Bonchev–Trinajstić information content (AvgIpc) is 2.71. The van der Waals surface area contributed by atoms with E-state index >= 15 is 0 Å². The Balaban J connectivity index is 1.93. The monoisotopic (exact) mass is 213 g/mol. The van der Waals surface area contributed by atoms with Crippen molar-refractivity contribution in [3.8, 4) is 0 Å². The van der Waals surface area contributed by atoms with Crippen LogP contribution in [0.15, 0.2) is 16.0 Å². The molecule has 7 heteroatoms. The second-order valence-corrected chi connectivity index (χ2v) is 3.93. The Morgan fingerprint density at radius 3 is 3.15 bits per heavy atom. The van der Waals surface area contributed by atoms with Crippen molar-refractivity contribution in [1.29, 1.82) is 0 Å². The summed E-state index contributed by atoms with van der Waals surface area (Å²) in [6.07, 6.45) is 0. The lowest BCUT2D eigenvalue weighted by molar-refractivity contribution is 0.972. The second-order valence-electron chi connectivity index (χ2n) is 2.27. The van der Waals surface area contributed by atoms with E-state index < -0.39 is 0 Å². The molecule has 3 N–H and O–H groups in total. The molecule has 2 aromatic heterocycles. The van der Waals surface area contributed by atoms with E-state index in [1.807, 2.05) is 10.9 Å². The Bertz CT molecular complexity index is 368. The molecule has 0 aliphatic carbocycles. The van der Waals surface area contributed by atoms with Gasteiger partial charge < -0.3 is 5.73 Å². The number of hydrogen-bond acceptors (Lipinski definition) is 6. The van der Waals surface area contributed by atoms with Crippen molar-refractivity contribution in [3.63, 3.8) is 0 Å². The lowest BCUT2D eigenvalue weighted by Gasteiger charge is -1.90. The zero-order valence-corrected chi connectivity index (χ0v) is 8.23. The van der Waals surface area contributed by atoms with Gasteiger partial charge >= 0.3 is 0 Å². The first kappa shape index (κ1) is 8.52. The van der Waals surface area contributed by atoms with Crippen LogP contribution in [0.4, 0.5) is 5.95 Å². The van der Waals surface area contributed by atoms with Gasteiger partial charge in [-0.05, 0) is 0 Å². The number of hydrogen-bond donors (Lipinski definition) is 2. The minimum Gasteiger partial charge on any atom is -0.368 e. The molecule has 0 atom stereocenters. The van der Waals surface area contributed by atoms with Crippen molar-refractivity contribution in [1.82, 2.24) is 20.2 Å². The van der Waals surface area contributed by atoms with Crippen LogP contribution >= 0.6 is 23.1 Å². The maximum atomic E-state index is 5.37. The van der Waals surface area contributed by atoms with Gasteiger partial charge in [-0.15, -0.1) is 16.4 Å². The molecule has 0 unspecified atom stereocenters. The number of H-pyrrole nitrogens is 1. The third-order valence-corrected chi connectivity index (χ3v) is 2.83. The van der Waals surface area contributed by atoms with Crippen LogP contribution in [0.5, 0.6) is 0 Å². The van der Waals surface area contributed by atoms with Gasteiger partial charge in [0.15, 0.2) is 0 Å². The number of rotatable bonds is 3. The first-order valence-corrected chi connectivity index (χ1v) is 5.45. The summed E-state index contributed by atoms with van der Waals surface area (Å²) in [4.78, 5) is 8.10. The minimum atomic E-state index is 0.348. The van der Waals surface area contributed by atoms with Gasteiger partial charge in [-0.1, -0.05) is 11.8 Å². The topological polar surface area (TPSA) is 80.5 Å². The lowest BCUT2D eigenvalue weighted by atomic mass is 10.6. The van der Waals surface area contributed by atoms with Gasteiger partial charge in [0.1, 0.15) is 0 Å². The van der Waals surface area contributed by atoms with E-state index in [9.17, 15) is 0 Å². The standard InChI is InChI=1S/C6H7N5S2/c7-5-9-6(11-10-5)13-2-4-1-12-3-8-4/h1,3H,2H2,(H3,7,9,10,11). The maximum absolute atomic E-state index is 5.37. The van der Waals surface area contributed by atoms with Crippen LogP contribution in [0, 0.1) is 0 Å². The molecule has 68 valence electrons. The summed E-state index contributed by atoms with van der Waals surface area (Å²) in [6, 6.07) is 0. The van der Waals surface area contributed by atoms with Crippen LogP contribution < -0.4 is 5.73 Å². The smallest absolute Gasteiger partial charge is 0.216 e. The molecule has 5 nitrogen and oxygen atoms in total. The van der Waals surface area contributed by atoms with E-state index in [0.29, 0.717) is 11.1 Å². The molecule has 0 fully saturated rings. The predicted molar refractivity (Wildman–Crippen MR) is 52.5 cm³/mol. The zero-order chi connectivity index (χ0) is 9.10. The van der Waals surface area contributed by atoms with Gasteiger partial charge in [-0.25, -0.2) is 10.1 Å². The van der Waals surface area contributed by atoms with Crippen LogP contribution in [-0.4, -0.2) is 20.2 Å². The Labute approximate surface area is 82.8 Å². The van der Waals surface area contributed by atoms with Gasteiger partial charge in [0, 0.05) is 11.1 Å². The summed E-state index contributed by atoms with van der Waals surface area (Å²) in [6.45, 7) is 0. The Kier molecular flexibility index (Phi) is 2.46. The van der Waals surface area contributed by atoms with E-state index in [4.69, 9.17) is 5.73 Å².